The monoisotopic (exact) mass is 217 g/mol. The highest BCUT2D eigenvalue weighted by molar-refractivity contribution is 5.56. The number of hydrogen-bond donors (Lipinski definition) is 0. The Morgan fingerprint density at radius 3 is 2.00 bits per heavy atom. The van der Waals surface area contributed by atoms with Crippen LogP contribution in [0, 0.1) is 0 Å². The molecule has 0 N–H and O–H groups in total. The molecule has 1 heterocycles. The Balaban J connectivity index is 3.57. The molecule has 0 amide bonds. The largest absolute Gasteiger partial charge is 0.260 e. The van der Waals surface area contributed by atoms with Gasteiger partial charge in [0, 0.05) is 17.3 Å². The first-order chi connectivity index (χ1) is 7.18. The molecule has 0 saturated carbocycles. The molecule has 0 atom stereocenters. The van der Waals surface area contributed by atoms with Crippen LogP contribution in [-0.4, -0.2) is 4.98 Å². The summed E-state index contributed by atoms with van der Waals surface area (Å²) < 4.78 is 0. The second-order valence-electron chi connectivity index (χ2n) is 6.33. The molecule has 0 aliphatic rings. The van der Waals surface area contributed by atoms with Crippen LogP contribution >= 0.6 is 0 Å². The summed E-state index contributed by atoms with van der Waals surface area (Å²) in [6, 6.07) is 2.04. The maximum atomic E-state index is 4.58. The van der Waals surface area contributed by atoms with Crippen LogP contribution < -0.4 is 0 Å². The molecule has 16 heavy (non-hydrogen) atoms. The second-order valence-corrected chi connectivity index (χ2v) is 6.33. The van der Waals surface area contributed by atoms with Crippen molar-refractivity contribution < 1.29 is 0 Å². The van der Waals surface area contributed by atoms with Crippen molar-refractivity contribution in [3.05, 3.63) is 35.7 Å². The fourth-order valence-electron chi connectivity index (χ4n) is 2.00. The Labute approximate surface area is 99.6 Å². The maximum Gasteiger partial charge on any atom is 0.0500 e. The summed E-state index contributed by atoms with van der Waals surface area (Å²) in [5.74, 6) is 0. The molecular formula is C15H23N. The number of pyridine rings is 1. The van der Waals surface area contributed by atoms with Crippen molar-refractivity contribution in [3.63, 3.8) is 0 Å². The van der Waals surface area contributed by atoms with Gasteiger partial charge in [-0.25, -0.2) is 0 Å². The molecule has 1 aromatic heterocycles. The highest BCUT2D eigenvalue weighted by atomic mass is 14.7. The third-order valence-electron chi connectivity index (χ3n) is 2.66. The first-order valence-corrected chi connectivity index (χ1v) is 5.80. The van der Waals surface area contributed by atoms with E-state index in [1.165, 1.54) is 16.8 Å². The van der Waals surface area contributed by atoms with Crippen LogP contribution in [0.25, 0.3) is 6.08 Å². The minimum Gasteiger partial charge on any atom is -0.260 e. The molecule has 1 rings (SSSR count). The lowest BCUT2D eigenvalue weighted by Crippen LogP contribution is -2.24. The summed E-state index contributed by atoms with van der Waals surface area (Å²) in [7, 11) is 0. The molecule has 88 valence electrons. The van der Waals surface area contributed by atoms with E-state index in [2.05, 4.69) is 53.1 Å². The quantitative estimate of drug-likeness (QED) is 0.682. The molecule has 1 aromatic rings. The van der Waals surface area contributed by atoms with Gasteiger partial charge in [0.2, 0.25) is 0 Å². The minimum absolute atomic E-state index is 0.0711. The van der Waals surface area contributed by atoms with Gasteiger partial charge in [0.1, 0.15) is 0 Å². The van der Waals surface area contributed by atoms with Crippen LogP contribution in [0.3, 0.4) is 0 Å². The van der Waals surface area contributed by atoms with Crippen LogP contribution in [0.15, 0.2) is 18.8 Å². The lowest BCUT2D eigenvalue weighted by Gasteiger charge is -2.30. The van der Waals surface area contributed by atoms with Crippen molar-refractivity contribution in [1.29, 1.82) is 0 Å². The van der Waals surface area contributed by atoms with Gasteiger partial charge in [0.05, 0.1) is 0 Å². The fourth-order valence-corrected chi connectivity index (χ4v) is 2.00. The van der Waals surface area contributed by atoms with Gasteiger partial charge in [-0.3, -0.25) is 4.98 Å². The van der Waals surface area contributed by atoms with E-state index in [9.17, 15) is 0 Å². The summed E-state index contributed by atoms with van der Waals surface area (Å²) >= 11 is 0. The molecule has 1 heteroatoms. The van der Waals surface area contributed by atoms with Crippen molar-refractivity contribution in [3.8, 4) is 0 Å². The molecule has 0 fully saturated rings. The van der Waals surface area contributed by atoms with Crippen molar-refractivity contribution in [2.75, 3.05) is 0 Å². The topological polar surface area (TPSA) is 12.9 Å². The van der Waals surface area contributed by atoms with Gasteiger partial charge in [-0.15, -0.1) is 0 Å². The van der Waals surface area contributed by atoms with Crippen molar-refractivity contribution >= 4 is 6.08 Å². The van der Waals surface area contributed by atoms with Crippen LogP contribution in [0.2, 0.25) is 0 Å². The van der Waals surface area contributed by atoms with E-state index >= 15 is 0 Å². The molecule has 0 aromatic carbocycles. The molecule has 0 spiro atoms. The minimum atomic E-state index is 0.0711. The van der Waals surface area contributed by atoms with E-state index in [1.54, 1.807) is 0 Å². The van der Waals surface area contributed by atoms with Crippen molar-refractivity contribution in [1.82, 2.24) is 4.98 Å². The number of rotatable bonds is 1. The Hall–Kier alpha value is -1.11. The average Bonchev–Trinajstić information content (AvgIpc) is 2.13. The molecule has 0 radical (unpaired) electrons. The first-order valence-electron chi connectivity index (χ1n) is 5.80. The number of nitrogens with zero attached hydrogens (tertiary/aromatic N) is 1. The fraction of sp³-hybridized carbons (Fsp3) is 0.533. The zero-order chi connectivity index (χ0) is 12.6. The summed E-state index contributed by atoms with van der Waals surface area (Å²) in [6.45, 7) is 17.2. The summed E-state index contributed by atoms with van der Waals surface area (Å²) in [5.41, 5.74) is 3.87. The second kappa shape index (κ2) is 4.04. The van der Waals surface area contributed by atoms with Gasteiger partial charge in [-0.2, -0.15) is 0 Å². The lowest BCUT2D eigenvalue weighted by molar-refractivity contribution is 0.513. The zero-order valence-corrected chi connectivity index (χ0v) is 11.4. The molecule has 0 unspecified atom stereocenters. The SMILES string of the molecule is C=Cc1ccnc(C(C)(C)C)c1C(C)(C)C. The normalized spacial score (nSPS) is 12.6. The zero-order valence-electron chi connectivity index (χ0n) is 11.4. The third-order valence-corrected chi connectivity index (χ3v) is 2.66. The van der Waals surface area contributed by atoms with E-state index in [0.717, 1.165) is 0 Å². The predicted molar refractivity (Wildman–Crippen MR) is 71.7 cm³/mol. The number of aromatic nitrogens is 1. The molecule has 1 nitrogen and oxygen atoms in total. The summed E-state index contributed by atoms with van der Waals surface area (Å²) in [4.78, 5) is 4.58. The first kappa shape index (κ1) is 13.0. The van der Waals surface area contributed by atoms with Crippen molar-refractivity contribution in [2.45, 2.75) is 52.4 Å². The van der Waals surface area contributed by atoms with Crippen LogP contribution in [0.5, 0.6) is 0 Å². The predicted octanol–water partition coefficient (Wildman–Crippen LogP) is 4.32. The van der Waals surface area contributed by atoms with Gasteiger partial charge < -0.3 is 0 Å². The van der Waals surface area contributed by atoms with Crippen LogP contribution in [-0.2, 0) is 10.8 Å². The summed E-state index contributed by atoms with van der Waals surface area (Å²) in [5, 5.41) is 0. The molecular weight excluding hydrogens is 194 g/mol. The Morgan fingerprint density at radius 1 is 1.06 bits per heavy atom. The van der Waals surface area contributed by atoms with E-state index in [-0.39, 0.29) is 10.8 Å². The Bertz CT molecular complexity index is 389. The highest BCUT2D eigenvalue weighted by Gasteiger charge is 2.27. The van der Waals surface area contributed by atoms with Gasteiger partial charge in [0.15, 0.2) is 0 Å². The van der Waals surface area contributed by atoms with Crippen LogP contribution in [0.4, 0.5) is 0 Å². The summed E-state index contributed by atoms with van der Waals surface area (Å²) in [6.07, 6.45) is 3.81. The van der Waals surface area contributed by atoms with Gasteiger partial charge >= 0.3 is 0 Å². The van der Waals surface area contributed by atoms with E-state index in [1.807, 2.05) is 18.3 Å². The van der Waals surface area contributed by atoms with Gasteiger partial charge in [0.25, 0.3) is 0 Å². The average molecular weight is 217 g/mol. The van der Waals surface area contributed by atoms with E-state index < -0.39 is 0 Å². The smallest absolute Gasteiger partial charge is 0.0500 e. The Kier molecular flexibility index (Phi) is 3.27. The van der Waals surface area contributed by atoms with E-state index in [0.29, 0.717) is 0 Å². The van der Waals surface area contributed by atoms with Gasteiger partial charge in [-0.05, 0) is 22.6 Å². The standard InChI is InChI=1S/C15H23N/c1-8-11-9-10-16-13(15(5,6)7)12(11)14(2,3)4/h8-10H,1H2,2-7H3. The highest BCUT2D eigenvalue weighted by Crippen LogP contribution is 2.34. The van der Waals surface area contributed by atoms with Gasteiger partial charge in [-0.1, -0.05) is 54.2 Å². The number of hydrogen-bond acceptors (Lipinski definition) is 1. The maximum absolute atomic E-state index is 4.58. The van der Waals surface area contributed by atoms with E-state index in [4.69, 9.17) is 0 Å². The van der Waals surface area contributed by atoms with Crippen LogP contribution in [0.1, 0.15) is 58.4 Å². The third kappa shape index (κ3) is 2.52. The Morgan fingerprint density at radius 2 is 1.62 bits per heavy atom. The molecule has 0 aliphatic heterocycles. The lowest BCUT2D eigenvalue weighted by atomic mass is 9.76. The van der Waals surface area contributed by atoms with Crippen molar-refractivity contribution in [2.24, 2.45) is 0 Å². The molecule has 0 bridgehead atoms. The molecule has 0 aliphatic carbocycles. The molecule has 0 saturated heterocycles.